The number of nitrogens with zero attached hydrogens (tertiary/aromatic N) is 1. The van der Waals surface area contributed by atoms with Crippen LogP contribution in [0.3, 0.4) is 0 Å². The van der Waals surface area contributed by atoms with Crippen LogP contribution in [0.15, 0.2) is 30.3 Å². The number of aromatic nitrogens is 1. The molecule has 1 amide bonds. The maximum Gasteiger partial charge on any atom is 0.257 e. The summed E-state index contributed by atoms with van der Waals surface area (Å²) < 4.78 is 25.9. The van der Waals surface area contributed by atoms with Crippen molar-refractivity contribution in [3.05, 3.63) is 52.8 Å². The average molecular weight is 285 g/mol. The highest BCUT2D eigenvalue weighted by Gasteiger charge is 2.14. The third kappa shape index (κ3) is 2.97. The largest absolute Gasteiger partial charge is 0.508 e. The Morgan fingerprint density at radius 1 is 1.26 bits per heavy atom. The molecule has 0 unspecified atom stereocenters. The Kier molecular flexibility index (Phi) is 3.62. The van der Waals surface area contributed by atoms with E-state index in [1.807, 2.05) is 0 Å². The van der Waals surface area contributed by atoms with E-state index in [1.54, 1.807) is 0 Å². The minimum absolute atomic E-state index is 0.0367. The highest BCUT2D eigenvalue weighted by atomic mass is 35.5. The molecule has 1 heterocycles. The molecule has 0 aliphatic carbocycles. The number of benzene rings is 1. The summed E-state index contributed by atoms with van der Waals surface area (Å²) in [6, 6.07) is 5.70. The number of nitrogens with one attached hydrogen (secondary N) is 1. The number of hydrogen-bond acceptors (Lipinski definition) is 3. The molecule has 0 radical (unpaired) electrons. The normalized spacial score (nSPS) is 10.3. The van der Waals surface area contributed by atoms with Crippen molar-refractivity contribution >= 4 is 23.2 Å². The topological polar surface area (TPSA) is 62.2 Å². The molecule has 98 valence electrons. The van der Waals surface area contributed by atoms with Gasteiger partial charge < -0.3 is 10.4 Å². The Hall–Kier alpha value is -2.21. The third-order valence-electron chi connectivity index (χ3n) is 2.26. The number of phenols is 1. The lowest BCUT2D eigenvalue weighted by atomic mass is 10.2. The fourth-order valence-corrected chi connectivity index (χ4v) is 1.59. The zero-order valence-electron chi connectivity index (χ0n) is 9.32. The molecule has 2 aromatic rings. The van der Waals surface area contributed by atoms with Crippen molar-refractivity contribution in [2.75, 3.05) is 5.32 Å². The van der Waals surface area contributed by atoms with Gasteiger partial charge in [-0.05, 0) is 30.3 Å². The van der Waals surface area contributed by atoms with Gasteiger partial charge >= 0.3 is 0 Å². The Labute approximate surface area is 111 Å². The van der Waals surface area contributed by atoms with Crippen LogP contribution in [-0.2, 0) is 0 Å². The van der Waals surface area contributed by atoms with E-state index in [2.05, 4.69) is 10.3 Å². The van der Waals surface area contributed by atoms with E-state index in [-0.39, 0.29) is 22.0 Å². The number of aromatic hydroxyl groups is 1. The van der Waals surface area contributed by atoms with E-state index < -0.39 is 17.8 Å². The number of pyridine rings is 1. The van der Waals surface area contributed by atoms with Crippen LogP contribution in [0.5, 0.6) is 5.75 Å². The summed E-state index contributed by atoms with van der Waals surface area (Å²) in [6.45, 7) is 0. The third-order valence-corrected chi connectivity index (χ3v) is 2.59. The number of anilines is 1. The Bertz CT molecular complexity index is 650. The molecule has 1 aromatic heterocycles. The first-order valence-electron chi connectivity index (χ1n) is 5.09. The second-order valence-corrected chi connectivity index (χ2v) is 4.00. The number of carbonyl (C=O) groups is 1. The molecule has 0 saturated heterocycles. The number of rotatable bonds is 2. The predicted molar refractivity (Wildman–Crippen MR) is 65.2 cm³/mol. The lowest BCUT2D eigenvalue weighted by molar-refractivity contribution is 0.102. The summed E-state index contributed by atoms with van der Waals surface area (Å²) in [6.07, 6.45) is 0. The van der Waals surface area contributed by atoms with Crippen LogP contribution in [0.4, 0.5) is 14.5 Å². The molecular weight excluding hydrogens is 278 g/mol. The van der Waals surface area contributed by atoms with Crippen LogP contribution < -0.4 is 5.32 Å². The second kappa shape index (κ2) is 5.19. The highest BCUT2D eigenvalue weighted by molar-refractivity contribution is 6.34. The van der Waals surface area contributed by atoms with Crippen molar-refractivity contribution in [2.45, 2.75) is 0 Å². The molecule has 4 nitrogen and oxygen atoms in total. The second-order valence-electron chi connectivity index (χ2n) is 3.59. The summed E-state index contributed by atoms with van der Waals surface area (Å²) in [5.74, 6) is -3.05. The van der Waals surface area contributed by atoms with Gasteiger partial charge in [-0.15, -0.1) is 0 Å². The van der Waals surface area contributed by atoms with Gasteiger partial charge in [0.1, 0.15) is 5.75 Å². The molecule has 1 aromatic carbocycles. The minimum Gasteiger partial charge on any atom is -0.508 e. The van der Waals surface area contributed by atoms with E-state index in [9.17, 15) is 18.7 Å². The van der Waals surface area contributed by atoms with Crippen molar-refractivity contribution in [1.29, 1.82) is 0 Å². The van der Waals surface area contributed by atoms with Crippen LogP contribution in [0.1, 0.15) is 10.4 Å². The van der Waals surface area contributed by atoms with E-state index in [0.717, 1.165) is 18.2 Å². The smallest absolute Gasteiger partial charge is 0.257 e. The Morgan fingerprint density at radius 3 is 2.68 bits per heavy atom. The van der Waals surface area contributed by atoms with Gasteiger partial charge in [0.15, 0.2) is 0 Å². The first kappa shape index (κ1) is 13.2. The molecule has 0 bridgehead atoms. The summed E-state index contributed by atoms with van der Waals surface area (Å²) in [7, 11) is 0. The lowest BCUT2D eigenvalue weighted by Gasteiger charge is -2.07. The minimum atomic E-state index is -1.15. The summed E-state index contributed by atoms with van der Waals surface area (Å²) in [4.78, 5) is 14.8. The van der Waals surface area contributed by atoms with E-state index in [1.165, 1.54) is 12.1 Å². The lowest BCUT2D eigenvalue weighted by Crippen LogP contribution is -2.14. The zero-order chi connectivity index (χ0) is 14.0. The fraction of sp³-hybridized carbons (Fsp3) is 0. The molecule has 0 spiro atoms. The average Bonchev–Trinajstić information content (AvgIpc) is 2.35. The summed E-state index contributed by atoms with van der Waals surface area (Å²) in [5, 5.41) is 11.5. The van der Waals surface area contributed by atoms with Crippen molar-refractivity contribution < 1.29 is 18.7 Å². The Morgan fingerprint density at radius 2 is 2.00 bits per heavy atom. The Balaban J connectivity index is 2.28. The highest BCUT2D eigenvalue weighted by Crippen LogP contribution is 2.22. The molecule has 0 fully saturated rings. The van der Waals surface area contributed by atoms with E-state index in [0.29, 0.717) is 0 Å². The molecule has 7 heteroatoms. The molecule has 2 N–H and O–H groups in total. The SMILES string of the molecule is O=C(Nc1ccc(F)nc1F)c1cc(O)ccc1Cl. The molecule has 19 heavy (non-hydrogen) atoms. The molecule has 2 rings (SSSR count). The van der Waals surface area contributed by atoms with Crippen molar-refractivity contribution in [2.24, 2.45) is 0 Å². The van der Waals surface area contributed by atoms with Gasteiger partial charge in [-0.2, -0.15) is 13.8 Å². The maximum atomic E-state index is 13.3. The van der Waals surface area contributed by atoms with Gasteiger partial charge in [-0.25, -0.2) is 0 Å². The molecule has 0 saturated carbocycles. The van der Waals surface area contributed by atoms with E-state index in [4.69, 9.17) is 11.6 Å². The van der Waals surface area contributed by atoms with Gasteiger partial charge in [0.2, 0.25) is 11.9 Å². The van der Waals surface area contributed by atoms with Gasteiger partial charge in [0, 0.05) is 0 Å². The van der Waals surface area contributed by atoms with Gasteiger partial charge in [-0.3, -0.25) is 4.79 Å². The van der Waals surface area contributed by atoms with E-state index >= 15 is 0 Å². The number of halogens is 3. The molecule has 0 aliphatic heterocycles. The zero-order valence-corrected chi connectivity index (χ0v) is 10.1. The first-order chi connectivity index (χ1) is 8.97. The predicted octanol–water partition coefficient (Wildman–Crippen LogP) is 2.97. The molecule has 0 aliphatic rings. The number of phenolic OH excluding ortho intramolecular Hbond substituents is 1. The summed E-state index contributed by atoms with van der Waals surface area (Å²) in [5.41, 5.74) is -0.323. The first-order valence-corrected chi connectivity index (χ1v) is 5.47. The van der Waals surface area contributed by atoms with Crippen molar-refractivity contribution in [1.82, 2.24) is 4.98 Å². The fourth-order valence-electron chi connectivity index (χ4n) is 1.38. The van der Waals surface area contributed by atoms with Crippen molar-refractivity contribution in [3.63, 3.8) is 0 Å². The monoisotopic (exact) mass is 284 g/mol. The molecular formula is C12H7ClF2N2O2. The van der Waals surface area contributed by atoms with Gasteiger partial charge in [0.05, 0.1) is 16.3 Å². The van der Waals surface area contributed by atoms with Gasteiger partial charge in [0.25, 0.3) is 5.91 Å². The quantitative estimate of drug-likeness (QED) is 0.834. The standard InChI is InChI=1S/C12H7ClF2N2O2/c13-8-2-1-6(18)5-7(8)12(19)16-9-3-4-10(14)17-11(9)15/h1-5,18H,(H,16,19). The maximum absolute atomic E-state index is 13.3. The van der Waals surface area contributed by atoms with Gasteiger partial charge in [-0.1, -0.05) is 11.6 Å². The van der Waals surface area contributed by atoms with Crippen LogP contribution >= 0.6 is 11.6 Å². The molecule has 0 atom stereocenters. The van der Waals surface area contributed by atoms with Crippen LogP contribution in [-0.4, -0.2) is 16.0 Å². The van der Waals surface area contributed by atoms with Crippen LogP contribution in [0.2, 0.25) is 5.02 Å². The number of carbonyl (C=O) groups excluding carboxylic acids is 1. The summed E-state index contributed by atoms with van der Waals surface area (Å²) >= 11 is 5.78. The number of amides is 1. The van der Waals surface area contributed by atoms with Crippen molar-refractivity contribution in [3.8, 4) is 5.75 Å². The number of hydrogen-bond donors (Lipinski definition) is 2. The van der Waals surface area contributed by atoms with Crippen LogP contribution in [0.25, 0.3) is 0 Å². The van der Waals surface area contributed by atoms with Crippen LogP contribution in [0, 0.1) is 11.9 Å².